The summed E-state index contributed by atoms with van der Waals surface area (Å²) in [5.41, 5.74) is 1.13. The molecule has 7 heteroatoms. The summed E-state index contributed by atoms with van der Waals surface area (Å²) in [5.74, 6) is 2.77. The molecule has 2 fully saturated rings. The van der Waals surface area contributed by atoms with E-state index in [0.29, 0.717) is 6.54 Å². The van der Waals surface area contributed by atoms with Gasteiger partial charge in [0, 0.05) is 58.7 Å². The molecule has 162 valence electrons. The summed E-state index contributed by atoms with van der Waals surface area (Å²) in [4.78, 5) is 14.2. The topological polar surface area (TPSA) is 65.0 Å². The highest BCUT2D eigenvalue weighted by molar-refractivity contribution is 5.79. The Morgan fingerprint density at radius 1 is 1.17 bits per heavy atom. The average Bonchev–Trinajstić information content (AvgIpc) is 3.59. The van der Waals surface area contributed by atoms with Crippen molar-refractivity contribution >= 4 is 11.8 Å². The molecule has 0 unspecified atom stereocenters. The number of guanidine groups is 1. The number of aromatic nitrogens is 1. The second-order valence-electron chi connectivity index (χ2n) is 7.94. The quantitative estimate of drug-likeness (QED) is 0.336. The van der Waals surface area contributed by atoms with Crippen LogP contribution in [-0.2, 0) is 11.3 Å². The molecule has 0 spiro atoms. The third-order valence-corrected chi connectivity index (χ3v) is 5.52. The first-order valence-corrected chi connectivity index (χ1v) is 11.3. The Hall–Kier alpha value is -1.86. The molecule has 2 heterocycles. The zero-order valence-electron chi connectivity index (χ0n) is 18.2. The smallest absolute Gasteiger partial charge is 0.191 e. The summed E-state index contributed by atoms with van der Waals surface area (Å²) in [6, 6.07) is 4.28. The Labute approximate surface area is 175 Å². The second kappa shape index (κ2) is 12.0. The molecule has 1 saturated carbocycles. The number of nitrogens with one attached hydrogen (secondary N) is 2. The summed E-state index contributed by atoms with van der Waals surface area (Å²) in [7, 11) is 0. The standard InChI is InChI=1S/C22H38N6O/c1-3-23-22(24-10-5-15-29-18-19-6-7-19)26-17-20-8-9-21(25-16-20)28-13-11-27(4-2)12-14-28/h8-9,16,19H,3-7,10-15,17-18H2,1-2H3,(H2,23,24,26). The number of nitrogens with zero attached hydrogens (tertiary/aromatic N) is 4. The molecule has 1 aromatic heterocycles. The highest BCUT2D eigenvalue weighted by Gasteiger charge is 2.20. The number of pyridine rings is 1. The van der Waals surface area contributed by atoms with Crippen molar-refractivity contribution in [2.45, 2.75) is 39.7 Å². The van der Waals surface area contributed by atoms with E-state index in [1.165, 1.54) is 12.8 Å². The van der Waals surface area contributed by atoms with Crippen LogP contribution < -0.4 is 15.5 Å². The van der Waals surface area contributed by atoms with Gasteiger partial charge in [-0.2, -0.15) is 0 Å². The number of hydrogen-bond donors (Lipinski definition) is 2. The van der Waals surface area contributed by atoms with E-state index >= 15 is 0 Å². The highest BCUT2D eigenvalue weighted by atomic mass is 16.5. The highest BCUT2D eigenvalue weighted by Crippen LogP contribution is 2.28. The molecule has 1 saturated heterocycles. The fourth-order valence-corrected chi connectivity index (χ4v) is 3.42. The maximum Gasteiger partial charge on any atom is 0.191 e. The van der Waals surface area contributed by atoms with Crippen molar-refractivity contribution in [1.82, 2.24) is 20.5 Å². The van der Waals surface area contributed by atoms with Crippen molar-refractivity contribution in [3.63, 3.8) is 0 Å². The zero-order valence-corrected chi connectivity index (χ0v) is 18.2. The van der Waals surface area contributed by atoms with Gasteiger partial charge in [0.05, 0.1) is 6.54 Å². The van der Waals surface area contributed by atoms with Crippen molar-refractivity contribution in [2.75, 3.05) is 63.9 Å². The molecule has 0 radical (unpaired) electrons. The second-order valence-corrected chi connectivity index (χ2v) is 7.94. The summed E-state index contributed by atoms with van der Waals surface area (Å²) in [6.07, 6.45) is 5.65. The minimum absolute atomic E-state index is 0.629. The maximum absolute atomic E-state index is 5.69. The third kappa shape index (κ3) is 7.82. The molecule has 1 aromatic rings. The molecule has 29 heavy (non-hydrogen) atoms. The van der Waals surface area contributed by atoms with E-state index in [4.69, 9.17) is 9.73 Å². The molecular formula is C22H38N6O. The molecule has 1 aliphatic heterocycles. The van der Waals surface area contributed by atoms with Crippen molar-refractivity contribution in [3.05, 3.63) is 23.9 Å². The minimum Gasteiger partial charge on any atom is -0.381 e. The van der Waals surface area contributed by atoms with E-state index in [1.54, 1.807) is 0 Å². The number of piperazine rings is 1. The molecule has 0 bridgehead atoms. The SMILES string of the molecule is CCNC(=NCc1ccc(N2CCN(CC)CC2)nc1)NCCCOCC1CC1. The van der Waals surface area contributed by atoms with Crippen LogP contribution in [0.5, 0.6) is 0 Å². The normalized spacial score (nSPS) is 18.1. The molecule has 2 N–H and O–H groups in total. The molecule has 2 aliphatic rings. The van der Waals surface area contributed by atoms with Gasteiger partial charge < -0.3 is 25.2 Å². The lowest BCUT2D eigenvalue weighted by molar-refractivity contribution is 0.123. The van der Waals surface area contributed by atoms with Crippen molar-refractivity contribution in [3.8, 4) is 0 Å². The molecule has 0 amide bonds. The Morgan fingerprint density at radius 3 is 2.66 bits per heavy atom. The lowest BCUT2D eigenvalue weighted by atomic mass is 10.2. The van der Waals surface area contributed by atoms with Crippen LogP contribution in [0.25, 0.3) is 0 Å². The predicted octanol–water partition coefficient (Wildman–Crippen LogP) is 2.10. The van der Waals surface area contributed by atoms with Gasteiger partial charge in [-0.15, -0.1) is 0 Å². The summed E-state index contributed by atoms with van der Waals surface area (Å²) in [6.45, 7) is 13.9. The van der Waals surface area contributed by atoms with E-state index in [9.17, 15) is 0 Å². The lowest BCUT2D eigenvalue weighted by Crippen LogP contribution is -2.46. The zero-order chi connectivity index (χ0) is 20.3. The summed E-state index contributed by atoms with van der Waals surface area (Å²) < 4.78 is 5.69. The van der Waals surface area contributed by atoms with E-state index in [1.807, 2.05) is 6.20 Å². The van der Waals surface area contributed by atoms with E-state index in [2.05, 4.69) is 51.4 Å². The molecule has 0 atom stereocenters. The van der Waals surface area contributed by atoms with Crippen molar-refractivity contribution in [2.24, 2.45) is 10.9 Å². The minimum atomic E-state index is 0.629. The monoisotopic (exact) mass is 402 g/mol. The number of hydrogen-bond acceptors (Lipinski definition) is 5. The van der Waals surface area contributed by atoms with Gasteiger partial charge in [0.1, 0.15) is 5.82 Å². The van der Waals surface area contributed by atoms with Crippen LogP contribution in [0.15, 0.2) is 23.3 Å². The Kier molecular flexibility index (Phi) is 9.02. The van der Waals surface area contributed by atoms with Gasteiger partial charge in [-0.05, 0) is 50.3 Å². The van der Waals surface area contributed by atoms with E-state index in [0.717, 1.165) is 88.7 Å². The fourth-order valence-electron chi connectivity index (χ4n) is 3.42. The number of rotatable bonds is 11. The van der Waals surface area contributed by atoms with Gasteiger partial charge in [-0.1, -0.05) is 13.0 Å². The lowest BCUT2D eigenvalue weighted by Gasteiger charge is -2.34. The van der Waals surface area contributed by atoms with Gasteiger partial charge in [0.25, 0.3) is 0 Å². The molecule has 1 aliphatic carbocycles. The fraction of sp³-hybridized carbons (Fsp3) is 0.727. The number of anilines is 1. The van der Waals surface area contributed by atoms with Crippen LogP contribution in [0.4, 0.5) is 5.82 Å². The number of ether oxygens (including phenoxy) is 1. The Bertz CT molecular complexity index is 608. The average molecular weight is 403 g/mol. The first kappa shape index (κ1) is 21.8. The molecular weight excluding hydrogens is 364 g/mol. The molecule has 7 nitrogen and oxygen atoms in total. The van der Waals surface area contributed by atoms with Crippen molar-refractivity contribution in [1.29, 1.82) is 0 Å². The van der Waals surface area contributed by atoms with E-state index in [-0.39, 0.29) is 0 Å². The molecule has 0 aromatic carbocycles. The summed E-state index contributed by atoms with van der Waals surface area (Å²) in [5, 5.41) is 6.70. The van der Waals surface area contributed by atoms with Gasteiger partial charge >= 0.3 is 0 Å². The van der Waals surface area contributed by atoms with Crippen molar-refractivity contribution < 1.29 is 4.74 Å². The number of aliphatic imine (C=N–C) groups is 1. The largest absolute Gasteiger partial charge is 0.381 e. The molecule has 3 rings (SSSR count). The van der Waals surface area contributed by atoms with Crippen LogP contribution in [0, 0.1) is 5.92 Å². The Morgan fingerprint density at radius 2 is 2.00 bits per heavy atom. The summed E-state index contributed by atoms with van der Waals surface area (Å²) >= 11 is 0. The van der Waals surface area contributed by atoms with Crippen LogP contribution in [0.2, 0.25) is 0 Å². The van der Waals surface area contributed by atoms with Gasteiger partial charge in [-0.25, -0.2) is 9.98 Å². The maximum atomic E-state index is 5.69. The first-order chi connectivity index (χ1) is 14.3. The predicted molar refractivity (Wildman–Crippen MR) is 120 cm³/mol. The third-order valence-electron chi connectivity index (χ3n) is 5.52. The van der Waals surface area contributed by atoms with Crippen LogP contribution in [0.1, 0.15) is 38.7 Å². The van der Waals surface area contributed by atoms with Crippen LogP contribution in [-0.4, -0.2) is 74.9 Å². The van der Waals surface area contributed by atoms with Gasteiger partial charge in [-0.3, -0.25) is 0 Å². The van der Waals surface area contributed by atoms with E-state index < -0.39 is 0 Å². The van der Waals surface area contributed by atoms with Crippen LogP contribution in [0.3, 0.4) is 0 Å². The van der Waals surface area contributed by atoms with Gasteiger partial charge in [0.15, 0.2) is 5.96 Å². The van der Waals surface area contributed by atoms with Gasteiger partial charge in [0.2, 0.25) is 0 Å². The van der Waals surface area contributed by atoms with Crippen LogP contribution >= 0.6 is 0 Å². The Balaban J connectivity index is 1.39. The number of likely N-dealkylation sites (N-methyl/N-ethyl adjacent to an activating group) is 1. The first-order valence-electron chi connectivity index (χ1n) is 11.3.